The Morgan fingerprint density at radius 1 is 1.33 bits per heavy atom. The third kappa shape index (κ3) is 6.30. The van der Waals surface area contributed by atoms with E-state index in [0.717, 1.165) is 0 Å². The van der Waals surface area contributed by atoms with E-state index in [-0.39, 0.29) is 17.3 Å². The summed E-state index contributed by atoms with van der Waals surface area (Å²) in [4.78, 5) is 10.5. The Bertz CT molecular complexity index is 233. The van der Waals surface area contributed by atoms with Crippen LogP contribution >= 0.6 is 0 Å². The second kappa shape index (κ2) is 5.27. The highest BCUT2D eigenvalue weighted by Gasteiger charge is 2.12. The molecule has 0 aromatic rings. The predicted octanol–water partition coefficient (Wildman–Crippen LogP) is -0.271. The molecule has 0 heterocycles. The van der Waals surface area contributed by atoms with E-state index in [2.05, 4.69) is 0 Å². The molecule has 0 unspecified atom stereocenters. The summed E-state index contributed by atoms with van der Waals surface area (Å²) in [5.41, 5.74) is 5.20. The van der Waals surface area contributed by atoms with E-state index in [1.54, 1.807) is 0 Å². The number of carbonyl (C=O) groups excluding carboxylic acids is 1. The number of sulfone groups is 1. The molecule has 0 rings (SSSR count). The van der Waals surface area contributed by atoms with Gasteiger partial charge in [0.05, 0.1) is 5.75 Å². The van der Waals surface area contributed by atoms with Crippen molar-refractivity contribution < 1.29 is 13.2 Å². The van der Waals surface area contributed by atoms with Gasteiger partial charge in [0.2, 0.25) is 0 Å². The van der Waals surface area contributed by atoms with E-state index in [1.165, 1.54) is 6.92 Å². The van der Waals surface area contributed by atoms with E-state index in [4.69, 9.17) is 5.73 Å². The molecular weight excluding hydrogens is 178 g/mol. The molecule has 0 aliphatic rings. The number of carbonyl (C=O) groups is 1. The Hall–Kier alpha value is -0.420. The minimum absolute atomic E-state index is 0.0732. The molecule has 0 aromatic carbocycles. The fraction of sp³-hybridized carbons (Fsp3) is 0.857. The minimum Gasteiger partial charge on any atom is -0.330 e. The molecule has 0 aliphatic heterocycles. The Kier molecular flexibility index (Phi) is 5.08. The van der Waals surface area contributed by atoms with Crippen molar-refractivity contribution in [2.45, 2.75) is 19.8 Å². The van der Waals surface area contributed by atoms with Gasteiger partial charge in [-0.1, -0.05) is 0 Å². The third-order valence-electron chi connectivity index (χ3n) is 1.33. The number of nitrogens with two attached hydrogens (primary N) is 1. The second-order valence-corrected chi connectivity index (χ2v) is 4.97. The van der Waals surface area contributed by atoms with Crippen LogP contribution in [0, 0.1) is 0 Å². The van der Waals surface area contributed by atoms with Gasteiger partial charge in [-0.05, 0) is 26.3 Å². The molecule has 12 heavy (non-hydrogen) atoms. The molecular formula is C7H15NO3S. The van der Waals surface area contributed by atoms with Crippen molar-refractivity contribution >= 4 is 15.6 Å². The van der Waals surface area contributed by atoms with Crippen LogP contribution in [0.1, 0.15) is 19.8 Å². The summed E-state index contributed by atoms with van der Waals surface area (Å²) in [5, 5.41) is 0. The average molecular weight is 193 g/mol. The maximum Gasteiger partial charge on any atom is 0.157 e. The largest absolute Gasteiger partial charge is 0.330 e. The molecule has 0 bridgehead atoms. The van der Waals surface area contributed by atoms with Gasteiger partial charge in [-0.2, -0.15) is 0 Å². The molecule has 72 valence electrons. The van der Waals surface area contributed by atoms with Crippen LogP contribution in [-0.4, -0.2) is 32.3 Å². The average Bonchev–Trinajstić information content (AvgIpc) is 1.84. The van der Waals surface area contributed by atoms with Crippen LogP contribution in [0.2, 0.25) is 0 Å². The standard InChI is InChI=1S/C7H15NO3S/c1-7(9)6-12(10,11)5-3-2-4-8/h2-6,8H2,1H3. The SMILES string of the molecule is CC(=O)CS(=O)(=O)CCCCN. The topological polar surface area (TPSA) is 77.2 Å². The van der Waals surface area contributed by atoms with Gasteiger partial charge in [0.15, 0.2) is 9.84 Å². The lowest BCUT2D eigenvalue weighted by molar-refractivity contribution is -0.114. The van der Waals surface area contributed by atoms with Crippen molar-refractivity contribution in [1.82, 2.24) is 0 Å². The zero-order valence-corrected chi connectivity index (χ0v) is 8.06. The third-order valence-corrected chi connectivity index (χ3v) is 3.09. The Labute approximate surface area is 73.1 Å². The molecule has 0 saturated carbocycles. The van der Waals surface area contributed by atoms with Crippen molar-refractivity contribution in [3.63, 3.8) is 0 Å². The molecule has 0 aromatic heterocycles. The van der Waals surface area contributed by atoms with Crippen LogP contribution in [0.4, 0.5) is 0 Å². The van der Waals surface area contributed by atoms with Crippen molar-refractivity contribution in [2.75, 3.05) is 18.1 Å². The maximum atomic E-state index is 11.1. The Balaban J connectivity index is 3.81. The number of rotatable bonds is 6. The summed E-state index contributed by atoms with van der Waals surface area (Å²) in [6.45, 7) is 1.77. The van der Waals surface area contributed by atoms with Gasteiger partial charge in [0, 0.05) is 0 Å². The molecule has 0 saturated heterocycles. The lowest BCUT2D eigenvalue weighted by Crippen LogP contribution is -2.17. The Morgan fingerprint density at radius 3 is 2.33 bits per heavy atom. The van der Waals surface area contributed by atoms with Gasteiger partial charge in [-0.3, -0.25) is 4.79 Å². The van der Waals surface area contributed by atoms with Crippen LogP contribution in [0.3, 0.4) is 0 Å². The van der Waals surface area contributed by atoms with Gasteiger partial charge in [0.1, 0.15) is 11.5 Å². The first-order chi connectivity index (χ1) is 5.48. The lowest BCUT2D eigenvalue weighted by atomic mass is 10.3. The molecule has 0 radical (unpaired) electrons. The highest BCUT2D eigenvalue weighted by atomic mass is 32.2. The Morgan fingerprint density at radius 2 is 1.92 bits per heavy atom. The van der Waals surface area contributed by atoms with Crippen molar-refractivity contribution in [3.8, 4) is 0 Å². The van der Waals surface area contributed by atoms with Gasteiger partial charge in [0.25, 0.3) is 0 Å². The van der Waals surface area contributed by atoms with E-state index in [9.17, 15) is 13.2 Å². The molecule has 4 nitrogen and oxygen atoms in total. The first kappa shape index (κ1) is 11.6. The zero-order chi connectivity index (χ0) is 9.61. The number of unbranched alkanes of at least 4 members (excludes halogenated alkanes) is 1. The lowest BCUT2D eigenvalue weighted by Gasteiger charge is -1.99. The fourth-order valence-electron chi connectivity index (χ4n) is 0.848. The fourth-order valence-corrected chi connectivity index (χ4v) is 2.26. The van der Waals surface area contributed by atoms with Gasteiger partial charge in [-0.25, -0.2) is 8.42 Å². The van der Waals surface area contributed by atoms with Gasteiger partial charge < -0.3 is 5.73 Å². The van der Waals surface area contributed by atoms with Crippen molar-refractivity contribution in [1.29, 1.82) is 0 Å². The molecule has 0 amide bonds. The molecule has 5 heteroatoms. The number of ketones is 1. The normalized spacial score (nSPS) is 11.5. The zero-order valence-electron chi connectivity index (χ0n) is 7.25. The van der Waals surface area contributed by atoms with E-state index >= 15 is 0 Å². The number of hydrogen-bond donors (Lipinski definition) is 1. The summed E-state index contributed by atoms with van der Waals surface area (Å²) >= 11 is 0. The highest BCUT2D eigenvalue weighted by molar-refractivity contribution is 7.92. The summed E-state index contributed by atoms with van der Waals surface area (Å²) in [7, 11) is -3.16. The quantitative estimate of drug-likeness (QED) is 0.589. The predicted molar refractivity (Wildman–Crippen MR) is 47.6 cm³/mol. The first-order valence-corrected chi connectivity index (χ1v) is 5.70. The molecule has 0 spiro atoms. The summed E-state index contributed by atoms with van der Waals surface area (Å²) < 4.78 is 22.1. The summed E-state index contributed by atoms with van der Waals surface area (Å²) in [6.07, 6.45) is 1.24. The van der Waals surface area contributed by atoms with Gasteiger partial charge >= 0.3 is 0 Å². The van der Waals surface area contributed by atoms with Crippen LogP contribution in [-0.2, 0) is 14.6 Å². The van der Waals surface area contributed by atoms with Crippen LogP contribution in [0.15, 0.2) is 0 Å². The van der Waals surface area contributed by atoms with E-state index in [1.807, 2.05) is 0 Å². The first-order valence-electron chi connectivity index (χ1n) is 3.88. The van der Waals surface area contributed by atoms with Crippen LogP contribution < -0.4 is 5.73 Å². The second-order valence-electron chi connectivity index (χ2n) is 2.79. The maximum absolute atomic E-state index is 11.1. The minimum atomic E-state index is -3.16. The van der Waals surface area contributed by atoms with Crippen LogP contribution in [0.25, 0.3) is 0 Å². The van der Waals surface area contributed by atoms with Crippen molar-refractivity contribution in [3.05, 3.63) is 0 Å². The molecule has 0 aliphatic carbocycles. The van der Waals surface area contributed by atoms with Crippen LogP contribution in [0.5, 0.6) is 0 Å². The monoisotopic (exact) mass is 193 g/mol. The van der Waals surface area contributed by atoms with E-state index < -0.39 is 9.84 Å². The summed E-state index contributed by atoms with van der Waals surface area (Å²) in [6, 6.07) is 0. The highest BCUT2D eigenvalue weighted by Crippen LogP contribution is 1.96. The smallest absolute Gasteiger partial charge is 0.157 e. The molecule has 0 atom stereocenters. The summed E-state index contributed by atoms with van der Waals surface area (Å²) in [5.74, 6) is -0.566. The molecule has 2 N–H and O–H groups in total. The number of Topliss-reactive ketones (excluding diaryl/α,β-unsaturated/α-hetero) is 1. The van der Waals surface area contributed by atoms with Gasteiger partial charge in [-0.15, -0.1) is 0 Å². The number of hydrogen-bond acceptors (Lipinski definition) is 4. The van der Waals surface area contributed by atoms with E-state index in [0.29, 0.717) is 19.4 Å². The molecule has 0 fully saturated rings. The van der Waals surface area contributed by atoms with Crippen molar-refractivity contribution in [2.24, 2.45) is 5.73 Å².